The molecule has 4 nitrogen and oxygen atoms in total. The highest BCUT2D eigenvalue weighted by Gasteiger charge is 2.08. The van der Waals surface area contributed by atoms with Crippen molar-refractivity contribution in [3.63, 3.8) is 0 Å². The van der Waals surface area contributed by atoms with Gasteiger partial charge in [-0.1, -0.05) is 30.0 Å². The van der Waals surface area contributed by atoms with Gasteiger partial charge in [0.05, 0.1) is 12.8 Å². The molecule has 0 saturated heterocycles. The third-order valence-corrected chi connectivity index (χ3v) is 4.14. The fraction of sp³-hybridized carbons (Fsp3) is 0.125. The van der Waals surface area contributed by atoms with E-state index in [9.17, 15) is 4.39 Å². The van der Waals surface area contributed by atoms with Crippen LogP contribution in [0.25, 0.3) is 5.69 Å². The number of benzene rings is 2. The summed E-state index contributed by atoms with van der Waals surface area (Å²) in [6.45, 7) is 0. The average Bonchev–Trinajstić information content (AvgIpc) is 3.03. The monoisotopic (exact) mass is 315 g/mol. The highest BCUT2D eigenvalue weighted by atomic mass is 32.2. The first kappa shape index (κ1) is 14.6. The van der Waals surface area contributed by atoms with E-state index in [4.69, 9.17) is 4.74 Å². The van der Waals surface area contributed by atoms with Gasteiger partial charge < -0.3 is 4.74 Å². The number of nitrogens with zero attached hydrogens (tertiary/aromatic N) is 3. The maximum atomic E-state index is 12.9. The second-order valence-electron chi connectivity index (χ2n) is 4.60. The Hall–Kier alpha value is -2.34. The summed E-state index contributed by atoms with van der Waals surface area (Å²) in [7, 11) is 1.63. The van der Waals surface area contributed by atoms with Gasteiger partial charge in [-0.25, -0.2) is 4.39 Å². The van der Waals surface area contributed by atoms with E-state index in [1.165, 1.54) is 12.1 Å². The van der Waals surface area contributed by atoms with E-state index in [0.717, 1.165) is 22.2 Å². The second kappa shape index (κ2) is 6.62. The van der Waals surface area contributed by atoms with E-state index in [1.807, 2.05) is 28.8 Å². The van der Waals surface area contributed by atoms with Crippen molar-refractivity contribution in [1.29, 1.82) is 0 Å². The van der Waals surface area contributed by atoms with Gasteiger partial charge in [-0.15, -0.1) is 10.2 Å². The van der Waals surface area contributed by atoms with Gasteiger partial charge >= 0.3 is 0 Å². The van der Waals surface area contributed by atoms with Crippen LogP contribution in [0.4, 0.5) is 4.39 Å². The summed E-state index contributed by atoms with van der Waals surface area (Å²) in [5, 5.41) is 8.89. The number of hydrogen-bond acceptors (Lipinski definition) is 4. The van der Waals surface area contributed by atoms with Crippen LogP contribution in [0.5, 0.6) is 5.75 Å². The standard InChI is InChI=1S/C16H14FN3OS/c1-21-15-4-2-3-14(9-15)20-11-18-19-16(20)22-10-12-5-7-13(17)8-6-12/h2-9,11H,10H2,1H3. The van der Waals surface area contributed by atoms with Crippen LogP contribution in [0, 0.1) is 5.82 Å². The smallest absolute Gasteiger partial charge is 0.195 e. The Labute approximate surface area is 132 Å². The fourth-order valence-corrected chi connectivity index (χ4v) is 2.87. The van der Waals surface area contributed by atoms with Crippen molar-refractivity contribution in [2.24, 2.45) is 0 Å². The highest BCUT2D eigenvalue weighted by Crippen LogP contribution is 2.25. The predicted molar refractivity (Wildman–Crippen MR) is 83.9 cm³/mol. The molecule has 0 N–H and O–H groups in total. The molecule has 112 valence electrons. The minimum absolute atomic E-state index is 0.228. The maximum Gasteiger partial charge on any atom is 0.195 e. The van der Waals surface area contributed by atoms with Crippen molar-refractivity contribution >= 4 is 11.8 Å². The molecule has 0 saturated carbocycles. The number of rotatable bonds is 5. The van der Waals surface area contributed by atoms with Gasteiger partial charge in [0.2, 0.25) is 0 Å². The zero-order valence-electron chi connectivity index (χ0n) is 11.9. The molecular formula is C16H14FN3OS. The highest BCUT2D eigenvalue weighted by molar-refractivity contribution is 7.98. The Kier molecular flexibility index (Phi) is 4.39. The quantitative estimate of drug-likeness (QED) is 0.673. The Balaban J connectivity index is 1.78. The molecule has 22 heavy (non-hydrogen) atoms. The fourth-order valence-electron chi connectivity index (χ4n) is 1.99. The lowest BCUT2D eigenvalue weighted by Gasteiger charge is -2.08. The molecule has 0 amide bonds. The molecule has 0 unspecified atom stereocenters. The summed E-state index contributed by atoms with van der Waals surface area (Å²) in [6.07, 6.45) is 1.67. The largest absolute Gasteiger partial charge is 0.497 e. The van der Waals surface area contributed by atoms with E-state index in [2.05, 4.69) is 10.2 Å². The number of hydrogen-bond donors (Lipinski definition) is 0. The molecule has 1 heterocycles. The lowest BCUT2D eigenvalue weighted by atomic mass is 10.2. The molecule has 0 aliphatic rings. The normalized spacial score (nSPS) is 10.6. The van der Waals surface area contributed by atoms with Crippen LogP contribution in [-0.2, 0) is 5.75 Å². The van der Waals surface area contributed by atoms with E-state index in [0.29, 0.717) is 5.75 Å². The molecule has 0 aliphatic heterocycles. The molecule has 1 aromatic heterocycles. The molecule has 0 bridgehead atoms. The lowest BCUT2D eigenvalue weighted by Crippen LogP contribution is -1.96. The first-order valence-corrected chi connectivity index (χ1v) is 7.66. The lowest BCUT2D eigenvalue weighted by molar-refractivity contribution is 0.414. The van der Waals surface area contributed by atoms with Crippen molar-refractivity contribution in [3.8, 4) is 11.4 Å². The summed E-state index contributed by atoms with van der Waals surface area (Å²) in [4.78, 5) is 0. The number of ether oxygens (including phenoxy) is 1. The topological polar surface area (TPSA) is 39.9 Å². The third-order valence-electron chi connectivity index (χ3n) is 3.13. The minimum Gasteiger partial charge on any atom is -0.497 e. The van der Waals surface area contributed by atoms with Gasteiger partial charge in [0.25, 0.3) is 0 Å². The van der Waals surface area contributed by atoms with Gasteiger partial charge in [-0.3, -0.25) is 4.57 Å². The average molecular weight is 315 g/mol. The Bertz CT molecular complexity index is 758. The van der Waals surface area contributed by atoms with Crippen LogP contribution in [0.15, 0.2) is 60.0 Å². The molecule has 3 rings (SSSR count). The molecule has 0 radical (unpaired) electrons. The summed E-state index contributed by atoms with van der Waals surface area (Å²) in [5.74, 6) is 1.25. The van der Waals surface area contributed by atoms with Gasteiger partial charge in [0.15, 0.2) is 5.16 Å². The second-order valence-corrected chi connectivity index (χ2v) is 5.54. The van der Waals surface area contributed by atoms with E-state index < -0.39 is 0 Å². The van der Waals surface area contributed by atoms with Gasteiger partial charge in [0.1, 0.15) is 17.9 Å². The predicted octanol–water partition coefficient (Wildman–Crippen LogP) is 3.71. The summed E-state index contributed by atoms with van der Waals surface area (Å²) < 4.78 is 20.0. The van der Waals surface area contributed by atoms with Crippen molar-refractivity contribution < 1.29 is 9.13 Å². The van der Waals surface area contributed by atoms with Crippen molar-refractivity contribution in [3.05, 3.63) is 66.2 Å². The van der Waals surface area contributed by atoms with E-state index in [-0.39, 0.29) is 5.82 Å². The van der Waals surface area contributed by atoms with Gasteiger partial charge in [-0.05, 0) is 29.8 Å². The molecule has 6 heteroatoms. The molecule has 0 aliphatic carbocycles. The minimum atomic E-state index is -0.228. The number of aromatic nitrogens is 3. The third kappa shape index (κ3) is 3.28. The molecular weight excluding hydrogens is 301 g/mol. The van der Waals surface area contributed by atoms with Crippen LogP contribution < -0.4 is 4.74 Å². The first-order valence-electron chi connectivity index (χ1n) is 6.68. The Morgan fingerprint density at radius 1 is 1.18 bits per heavy atom. The Morgan fingerprint density at radius 3 is 2.77 bits per heavy atom. The van der Waals surface area contributed by atoms with Crippen LogP contribution in [0.3, 0.4) is 0 Å². The van der Waals surface area contributed by atoms with Crippen LogP contribution >= 0.6 is 11.8 Å². The molecule has 0 spiro atoms. The number of halogens is 1. The van der Waals surface area contributed by atoms with Crippen molar-refractivity contribution in [1.82, 2.24) is 14.8 Å². The summed E-state index contributed by atoms with van der Waals surface area (Å²) in [6, 6.07) is 14.2. The molecule has 0 atom stereocenters. The number of methoxy groups -OCH3 is 1. The molecule has 0 fully saturated rings. The van der Waals surface area contributed by atoms with Crippen LogP contribution in [-0.4, -0.2) is 21.9 Å². The van der Waals surface area contributed by atoms with E-state index in [1.54, 1.807) is 37.3 Å². The molecule has 3 aromatic rings. The zero-order valence-corrected chi connectivity index (χ0v) is 12.8. The van der Waals surface area contributed by atoms with Crippen molar-refractivity contribution in [2.75, 3.05) is 7.11 Å². The van der Waals surface area contributed by atoms with Gasteiger partial charge in [-0.2, -0.15) is 0 Å². The number of thioether (sulfide) groups is 1. The summed E-state index contributed by atoms with van der Waals surface area (Å²) in [5.41, 5.74) is 1.97. The first-order chi connectivity index (χ1) is 10.8. The Morgan fingerprint density at radius 2 is 2.00 bits per heavy atom. The van der Waals surface area contributed by atoms with Gasteiger partial charge in [0, 0.05) is 11.8 Å². The van der Waals surface area contributed by atoms with Crippen LogP contribution in [0.2, 0.25) is 0 Å². The van der Waals surface area contributed by atoms with Crippen molar-refractivity contribution in [2.45, 2.75) is 10.9 Å². The van der Waals surface area contributed by atoms with Crippen LogP contribution in [0.1, 0.15) is 5.56 Å². The zero-order chi connectivity index (χ0) is 15.4. The maximum absolute atomic E-state index is 12.9. The molecule has 2 aromatic carbocycles. The summed E-state index contributed by atoms with van der Waals surface area (Å²) >= 11 is 1.55. The van der Waals surface area contributed by atoms with E-state index >= 15 is 0 Å². The SMILES string of the molecule is COc1cccc(-n2cnnc2SCc2ccc(F)cc2)c1.